The summed E-state index contributed by atoms with van der Waals surface area (Å²) >= 11 is 1.41. The SMILES string of the molecule is COCC(=O)Nc1ccc(N(C)C)c(CN(Cc2ccco2)C(=O)c2cccs2)c1. The summed E-state index contributed by atoms with van der Waals surface area (Å²) in [6, 6.07) is 13.0. The maximum atomic E-state index is 13.2. The van der Waals surface area contributed by atoms with E-state index in [0.29, 0.717) is 29.4 Å². The standard InChI is InChI=1S/C22H25N3O4S/c1-24(2)19-9-8-17(23-21(26)15-28-3)12-16(19)13-25(14-18-6-4-10-29-18)22(27)20-7-5-11-30-20/h4-12H,13-15H2,1-3H3,(H,23,26). The van der Waals surface area contributed by atoms with Crippen molar-refractivity contribution < 1.29 is 18.7 Å². The van der Waals surface area contributed by atoms with Crippen LogP contribution in [0.2, 0.25) is 0 Å². The zero-order valence-corrected chi connectivity index (χ0v) is 18.1. The molecule has 2 heterocycles. The summed E-state index contributed by atoms with van der Waals surface area (Å²) in [7, 11) is 5.36. The average molecular weight is 428 g/mol. The Kier molecular flexibility index (Phi) is 7.26. The Morgan fingerprint density at radius 3 is 2.60 bits per heavy atom. The van der Waals surface area contributed by atoms with Gasteiger partial charge in [0.25, 0.3) is 5.91 Å². The van der Waals surface area contributed by atoms with E-state index in [1.165, 1.54) is 18.4 Å². The largest absolute Gasteiger partial charge is 0.467 e. The summed E-state index contributed by atoms with van der Waals surface area (Å²) < 4.78 is 10.4. The third-order valence-corrected chi connectivity index (χ3v) is 5.29. The van der Waals surface area contributed by atoms with Crippen molar-refractivity contribution in [3.05, 3.63) is 70.3 Å². The van der Waals surface area contributed by atoms with Gasteiger partial charge in [0.2, 0.25) is 5.91 Å². The van der Waals surface area contributed by atoms with Crippen LogP contribution in [0.4, 0.5) is 11.4 Å². The second-order valence-corrected chi connectivity index (χ2v) is 7.88. The first-order valence-electron chi connectivity index (χ1n) is 9.42. The molecule has 158 valence electrons. The van der Waals surface area contributed by atoms with Crippen molar-refractivity contribution in [2.24, 2.45) is 0 Å². The van der Waals surface area contributed by atoms with Crippen molar-refractivity contribution in [2.45, 2.75) is 13.1 Å². The fourth-order valence-electron chi connectivity index (χ4n) is 3.11. The van der Waals surface area contributed by atoms with Gasteiger partial charge in [-0.3, -0.25) is 9.59 Å². The monoisotopic (exact) mass is 427 g/mol. The number of carbonyl (C=O) groups is 2. The number of amides is 2. The zero-order chi connectivity index (χ0) is 21.5. The van der Waals surface area contributed by atoms with Gasteiger partial charge in [0.05, 0.1) is 17.7 Å². The fraction of sp³-hybridized carbons (Fsp3) is 0.273. The van der Waals surface area contributed by atoms with Gasteiger partial charge in [-0.05, 0) is 47.3 Å². The lowest BCUT2D eigenvalue weighted by Crippen LogP contribution is -2.30. The summed E-state index contributed by atoms with van der Waals surface area (Å²) in [5, 5.41) is 4.71. The van der Waals surface area contributed by atoms with E-state index in [2.05, 4.69) is 5.32 Å². The molecule has 1 N–H and O–H groups in total. The van der Waals surface area contributed by atoms with Crippen LogP contribution < -0.4 is 10.2 Å². The lowest BCUT2D eigenvalue weighted by Gasteiger charge is -2.25. The van der Waals surface area contributed by atoms with Crippen LogP contribution >= 0.6 is 11.3 Å². The number of thiophene rings is 1. The summed E-state index contributed by atoms with van der Waals surface area (Å²) in [5.41, 5.74) is 2.52. The Morgan fingerprint density at radius 1 is 1.13 bits per heavy atom. The van der Waals surface area contributed by atoms with E-state index >= 15 is 0 Å². The topological polar surface area (TPSA) is 75.0 Å². The second kappa shape index (κ2) is 10.1. The van der Waals surface area contributed by atoms with E-state index in [9.17, 15) is 9.59 Å². The molecule has 3 rings (SSSR count). The maximum Gasteiger partial charge on any atom is 0.264 e. The van der Waals surface area contributed by atoms with Gasteiger partial charge in [0, 0.05) is 39.1 Å². The van der Waals surface area contributed by atoms with Crippen molar-refractivity contribution in [3.63, 3.8) is 0 Å². The van der Waals surface area contributed by atoms with Crippen LogP contribution in [0.15, 0.2) is 58.5 Å². The van der Waals surface area contributed by atoms with Gasteiger partial charge in [-0.1, -0.05) is 6.07 Å². The Labute approximate surface area is 179 Å². The minimum atomic E-state index is -0.233. The molecule has 2 aromatic heterocycles. The first-order valence-corrected chi connectivity index (χ1v) is 10.3. The number of hydrogen-bond acceptors (Lipinski definition) is 6. The molecule has 0 aliphatic carbocycles. The van der Waals surface area contributed by atoms with Crippen LogP contribution in [0, 0.1) is 0 Å². The molecule has 0 atom stereocenters. The number of anilines is 2. The quantitative estimate of drug-likeness (QED) is 0.562. The molecule has 8 heteroatoms. The number of nitrogens with one attached hydrogen (secondary N) is 1. The highest BCUT2D eigenvalue weighted by molar-refractivity contribution is 7.12. The lowest BCUT2D eigenvalue weighted by atomic mass is 10.1. The molecule has 0 aliphatic heterocycles. The number of rotatable bonds is 9. The molecule has 0 aliphatic rings. The minimum Gasteiger partial charge on any atom is -0.467 e. The van der Waals surface area contributed by atoms with Gasteiger partial charge in [-0.25, -0.2) is 0 Å². The number of furan rings is 1. The number of benzene rings is 1. The Bertz CT molecular complexity index is 968. The van der Waals surface area contributed by atoms with Crippen molar-refractivity contribution in [3.8, 4) is 0 Å². The zero-order valence-electron chi connectivity index (χ0n) is 17.3. The molecular formula is C22H25N3O4S. The van der Waals surface area contributed by atoms with Crippen LogP contribution in [-0.2, 0) is 22.6 Å². The van der Waals surface area contributed by atoms with E-state index in [0.717, 1.165) is 11.3 Å². The average Bonchev–Trinajstić information content (AvgIpc) is 3.41. The van der Waals surface area contributed by atoms with E-state index < -0.39 is 0 Å². The fourth-order valence-corrected chi connectivity index (χ4v) is 3.80. The maximum absolute atomic E-state index is 13.2. The molecular weight excluding hydrogens is 402 g/mol. The van der Waals surface area contributed by atoms with E-state index in [4.69, 9.17) is 9.15 Å². The summed E-state index contributed by atoms with van der Waals surface area (Å²) in [4.78, 5) is 29.5. The van der Waals surface area contributed by atoms with E-state index in [1.807, 2.05) is 60.8 Å². The Balaban J connectivity index is 1.91. The van der Waals surface area contributed by atoms with Crippen LogP contribution in [0.25, 0.3) is 0 Å². The van der Waals surface area contributed by atoms with Gasteiger partial charge >= 0.3 is 0 Å². The van der Waals surface area contributed by atoms with Gasteiger partial charge in [-0.2, -0.15) is 0 Å². The molecule has 1 aromatic carbocycles. The predicted octanol–water partition coefficient (Wildman–Crippen LogP) is 3.83. The number of carbonyl (C=O) groups excluding carboxylic acids is 2. The molecule has 0 radical (unpaired) electrons. The van der Waals surface area contributed by atoms with Crippen molar-refractivity contribution in [1.29, 1.82) is 0 Å². The first-order chi connectivity index (χ1) is 14.5. The first kappa shape index (κ1) is 21.6. The van der Waals surface area contributed by atoms with Crippen LogP contribution in [0.1, 0.15) is 21.0 Å². The summed E-state index contributed by atoms with van der Waals surface area (Å²) in [6.45, 7) is 0.683. The molecule has 0 bridgehead atoms. The van der Waals surface area contributed by atoms with Crippen molar-refractivity contribution >= 4 is 34.5 Å². The molecule has 3 aromatic rings. The normalized spacial score (nSPS) is 10.6. The number of hydrogen-bond donors (Lipinski definition) is 1. The highest BCUT2D eigenvalue weighted by Gasteiger charge is 2.21. The van der Waals surface area contributed by atoms with Crippen LogP contribution in [-0.4, -0.2) is 44.5 Å². The second-order valence-electron chi connectivity index (χ2n) is 6.94. The lowest BCUT2D eigenvalue weighted by molar-refractivity contribution is -0.119. The van der Waals surface area contributed by atoms with Crippen LogP contribution in [0.5, 0.6) is 0 Å². The Hall–Kier alpha value is -3.10. The van der Waals surface area contributed by atoms with Gasteiger partial charge < -0.3 is 24.3 Å². The van der Waals surface area contributed by atoms with Crippen molar-refractivity contribution in [2.75, 3.05) is 38.0 Å². The highest BCUT2D eigenvalue weighted by Crippen LogP contribution is 2.26. The molecule has 7 nitrogen and oxygen atoms in total. The highest BCUT2D eigenvalue weighted by atomic mass is 32.1. The third kappa shape index (κ3) is 5.49. The number of ether oxygens (including phenoxy) is 1. The van der Waals surface area contributed by atoms with Gasteiger partial charge in [0.15, 0.2) is 0 Å². The summed E-state index contributed by atoms with van der Waals surface area (Å²) in [5.74, 6) is 0.402. The van der Waals surface area contributed by atoms with Gasteiger partial charge in [-0.15, -0.1) is 11.3 Å². The van der Waals surface area contributed by atoms with E-state index in [-0.39, 0.29) is 18.4 Å². The molecule has 0 unspecified atom stereocenters. The molecule has 0 saturated heterocycles. The molecule has 0 saturated carbocycles. The summed E-state index contributed by atoms with van der Waals surface area (Å²) in [6.07, 6.45) is 1.60. The minimum absolute atomic E-state index is 0.0216. The predicted molar refractivity (Wildman–Crippen MR) is 118 cm³/mol. The smallest absolute Gasteiger partial charge is 0.264 e. The molecule has 2 amide bonds. The number of methoxy groups -OCH3 is 1. The molecule has 30 heavy (non-hydrogen) atoms. The molecule has 0 spiro atoms. The van der Waals surface area contributed by atoms with Gasteiger partial charge in [0.1, 0.15) is 12.4 Å². The Morgan fingerprint density at radius 2 is 1.97 bits per heavy atom. The van der Waals surface area contributed by atoms with E-state index in [1.54, 1.807) is 17.2 Å². The third-order valence-electron chi connectivity index (χ3n) is 4.43. The molecule has 0 fully saturated rings. The number of nitrogens with zero attached hydrogens (tertiary/aromatic N) is 2. The van der Waals surface area contributed by atoms with Crippen molar-refractivity contribution in [1.82, 2.24) is 4.90 Å². The van der Waals surface area contributed by atoms with Crippen LogP contribution in [0.3, 0.4) is 0 Å².